The minimum absolute atomic E-state index is 0.0834. The standard InChI is InChI=1S/C9H12N4O4S/c10-11-8-4-3-7(13(14)15)5-9(8)18(16,17)12-6-1-2-6/h3-6,11-12H,1-2,10H2. The van der Waals surface area contributed by atoms with Gasteiger partial charge in [-0.1, -0.05) is 0 Å². The van der Waals surface area contributed by atoms with E-state index in [4.69, 9.17) is 5.84 Å². The van der Waals surface area contributed by atoms with Crippen LogP contribution in [0.15, 0.2) is 23.1 Å². The molecule has 8 nitrogen and oxygen atoms in total. The van der Waals surface area contributed by atoms with Gasteiger partial charge in [0, 0.05) is 18.2 Å². The van der Waals surface area contributed by atoms with Crippen molar-refractivity contribution < 1.29 is 13.3 Å². The van der Waals surface area contributed by atoms with Gasteiger partial charge >= 0.3 is 0 Å². The highest BCUT2D eigenvalue weighted by Crippen LogP contribution is 2.28. The van der Waals surface area contributed by atoms with Crippen molar-refractivity contribution in [1.29, 1.82) is 0 Å². The number of nitrogens with zero attached hydrogens (tertiary/aromatic N) is 1. The molecule has 0 heterocycles. The fourth-order valence-electron chi connectivity index (χ4n) is 1.45. The SMILES string of the molecule is NNc1ccc([N+](=O)[O-])cc1S(=O)(=O)NC1CC1. The zero-order valence-corrected chi connectivity index (χ0v) is 10.1. The Morgan fingerprint density at radius 3 is 2.56 bits per heavy atom. The number of nitro benzene ring substituents is 1. The van der Waals surface area contributed by atoms with Crippen LogP contribution in [-0.2, 0) is 10.0 Å². The van der Waals surface area contributed by atoms with Crippen LogP contribution in [0.4, 0.5) is 11.4 Å². The van der Waals surface area contributed by atoms with Gasteiger partial charge in [0.25, 0.3) is 5.69 Å². The quantitative estimate of drug-likeness (QED) is 0.402. The first-order valence-corrected chi connectivity index (χ1v) is 6.70. The largest absolute Gasteiger partial charge is 0.323 e. The lowest BCUT2D eigenvalue weighted by Crippen LogP contribution is -2.27. The third kappa shape index (κ3) is 2.58. The van der Waals surface area contributed by atoms with E-state index in [1.54, 1.807) is 0 Å². The Morgan fingerprint density at radius 2 is 2.06 bits per heavy atom. The molecule has 1 fully saturated rings. The zero-order chi connectivity index (χ0) is 13.3. The second-order valence-electron chi connectivity index (χ2n) is 3.98. The van der Waals surface area contributed by atoms with Crippen LogP contribution in [-0.4, -0.2) is 19.4 Å². The number of nitrogens with two attached hydrogens (primary N) is 1. The number of anilines is 1. The molecule has 0 atom stereocenters. The molecule has 18 heavy (non-hydrogen) atoms. The van der Waals surface area contributed by atoms with Crippen molar-refractivity contribution in [3.63, 3.8) is 0 Å². The summed E-state index contributed by atoms with van der Waals surface area (Å²) in [6, 6.07) is 3.35. The molecule has 9 heteroatoms. The lowest BCUT2D eigenvalue weighted by atomic mass is 10.3. The summed E-state index contributed by atoms with van der Waals surface area (Å²) in [6.45, 7) is 0. The van der Waals surface area contributed by atoms with Crippen molar-refractivity contribution in [2.75, 3.05) is 5.43 Å². The fraction of sp³-hybridized carbons (Fsp3) is 0.333. The first-order chi connectivity index (χ1) is 8.44. The van der Waals surface area contributed by atoms with E-state index in [2.05, 4.69) is 10.1 Å². The second kappa shape index (κ2) is 4.52. The first kappa shape index (κ1) is 12.7. The van der Waals surface area contributed by atoms with Crippen LogP contribution in [0.1, 0.15) is 12.8 Å². The minimum atomic E-state index is -3.79. The van der Waals surface area contributed by atoms with Crippen molar-refractivity contribution >= 4 is 21.4 Å². The Kier molecular flexibility index (Phi) is 3.20. The molecule has 0 spiro atoms. The van der Waals surface area contributed by atoms with Gasteiger partial charge in [0.05, 0.1) is 10.6 Å². The molecule has 0 aliphatic heterocycles. The maximum atomic E-state index is 12.0. The average Bonchev–Trinajstić information content (AvgIpc) is 3.11. The Hall–Kier alpha value is -1.71. The summed E-state index contributed by atoms with van der Waals surface area (Å²) >= 11 is 0. The van der Waals surface area contributed by atoms with Gasteiger partial charge in [-0.3, -0.25) is 16.0 Å². The molecule has 1 saturated carbocycles. The molecule has 2 rings (SSSR count). The molecule has 0 radical (unpaired) electrons. The topological polar surface area (TPSA) is 127 Å². The molecule has 1 aliphatic carbocycles. The predicted octanol–water partition coefficient (Wildman–Crippen LogP) is 0.321. The molecule has 0 amide bonds. The van der Waals surface area contributed by atoms with E-state index in [0.29, 0.717) is 0 Å². The van der Waals surface area contributed by atoms with E-state index in [9.17, 15) is 18.5 Å². The zero-order valence-electron chi connectivity index (χ0n) is 9.29. The number of nitrogens with one attached hydrogen (secondary N) is 2. The number of nitro groups is 1. The van der Waals surface area contributed by atoms with Gasteiger partial charge in [0.1, 0.15) is 4.90 Å². The van der Waals surface area contributed by atoms with Crippen LogP contribution in [0.3, 0.4) is 0 Å². The Balaban J connectivity index is 2.45. The molecule has 1 aromatic carbocycles. The smallest absolute Gasteiger partial charge is 0.270 e. The molecule has 1 aliphatic rings. The Morgan fingerprint density at radius 1 is 1.39 bits per heavy atom. The summed E-state index contributed by atoms with van der Waals surface area (Å²) in [5.41, 5.74) is 2.04. The van der Waals surface area contributed by atoms with Gasteiger partial charge in [-0.15, -0.1) is 0 Å². The number of hydrogen-bond donors (Lipinski definition) is 3. The van der Waals surface area contributed by atoms with Crippen molar-refractivity contribution in [1.82, 2.24) is 4.72 Å². The fourth-order valence-corrected chi connectivity index (χ4v) is 2.94. The van der Waals surface area contributed by atoms with Crippen LogP contribution >= 0.6 is 0 Å². The van der Waals surface area contributed by atoms with E-state index in [-0.39, 0.29) is 22.3 Å². The van der Waals surface area contributed by atoms with Crippen LogP contribution < -0.4 is 16.0 Å². The number of benzene rings is 1. The summed E-state index contributed by atoms with van der Waals surface area (Å²) in [5, 5.41) is 10.7. The lowest BCUT2D eigenvalue weighted by Gasteiger charge is -2.10. The first-order valence-electron chi connectivity index (χ1n) is 5.21. The molecule has 98 valence electrons. The van der Waals surface area contributed by atoms with Crippen molar-refractivity contribution in [2.45, 2.75) is 23.8 Å². The summed E-state index contributed by atoms with van der Waals surface area (Å²) in [6.07, 6.45) is 1.55. The predicted molar refractivity (Wildman–Crippen MR) is 64.3 cm³/mol. The van der Waals surface area contributed by atoms with E-state index >= 15 is 0 Å². The van der Waals surface area contributed by atoms with E-state index in [1.165, 1.54) is 12.1 Å². The number of nitrogen functional groups attached to an aromatic ring is 1. The molecule has 0 aromatic heterocycles. The maximum Gasteiger partial charge on any atom is 0.270 e. The number of hydrogen-bond acceptors (Lipinski definition) is 6. The highest BCUT2D eigenvalue weighted by molar-refractivity contribution is 7.89. The maximum absolute atomic E-state index is 12.0. The monoisotopic (exact) mass is 272 g/mol. The Bertz CT molecular complexity index is 582. The normalized spacial score (nSPS) is 15.4. The van der Waals surface area contributed by atoms with Gasteiger partial charge in [-0.05, 0) is 18.9 Å². The molecular weight excluding hydrogens is 260 g/mol. The van der Waals surface area contributed by atoms with E-state index in [1.807, 2.05) is 0 Å². The summed E-state index contributed by atoms with van der Waals surface area (Å²) in [4.78, 5) is 9.78. The number of sulfonamides is 1. The number of non-ortho nitro benzene ring substituents is 1. The van der Waals surface area contributed by atoms with Crippen molar-refractivity contribution in [3.05, 3.63) is 28.3 Å². The van der Waals surface area contributed by atoms with Gasteiger partial charge in [0.2, 0.25) is 10.0 Å². The third-order valence-electron chi connectivity index (χ3n) is 2.52. The lowest BCUT2D eigenvalue weighted by molar-refractivity contribution is -0.385. The van der Waals surface area contributed by atoms with Crippen LogP contribution in [0.2, 0.25) is 0 Å². The molecule has 1 aromatic rings. The van der Waals surface area contributed by atoms with E-state index in [0.717, 1.165) is 18.9 Å². The average molecular weight is 272 g/mol. The van der Waals surface area contributed by atoms with Crippen LogP contribution in [0.5, 0.6) is 0 Å². The van der Waals surface area contributed by atoms with Crippen LogP contribution in [0, 0.1) is 10.1 Å². The highest BCUT2D eigenvalue weighted by atomic mass is 32.2. The van der Waals surface area contributed by atoms with Gasteiger partial charge < -0.3 is 5.43 Å². The van der Waals surface area contributed by atoms with Gasteiger partial charge in [-0.2, -0.15) is 0 Å². The highest BCUT2D eigenvalue weighted by Gasteiger charge is 2.30. The Labute approximate surface area is 103 Å². The molecule has 0 bridgehead atoms. The number of rotatable bonds is 5. The summed E-state index contributed by atoms with van der Waals surface area (Å²) in [5.74, 6) is 5.21. The molecular formula is C9H12N4O4S. The summed E-state index contributed by atoms with van der Waals surface area (Å²) < 4.78 is 26.5. The van der Waals surface area contributed by atoms with Crippen LogP contribution in [0.25, 0.3) is 0 Å². The van der Waals surface area contributed by atoms with Crippen molar-refractivity contribution in [3.8, 4) is 0 Å². The van der Waals surface area contributed by atoms with Gasteiger partial charge in [-0.25, -0.2) is 13.1 Å². The molecule has 4 N–H and O–H groups in total. The number of hydrazine groups is 1. The summed E-state index contributed by atoms with van der Waals surface area (Å²) in [7, 11) is -3.79. The van der Waals surface area contributed by atoms with Gasteiger partial charge in [0.15, 0.2) is 0 Å². The second-order valence-corrected chi connectivity index (χ2v) is 5.66. The minimum Gasteiger partial charge on any atom is -0.323 e. The van der Waals surface area contributed by atoms with E-state index < -0.39 is 14.9 Å². The third-order valence-corrected chi connectivity index (χ3v) is 4.08. The molecule has 0 unspecified atom stereocenters. The molecule has 0 saturated heterocycles. The van der Waals surface area contributed by atoms with Crippen molar-refractivity contribution in [2.24, 2.45) is 5.84 Å².